The Labute approximate surface area is 132 Å². The lowest BCUT2D eigenvalue weighted by molar-refractivity contribution is 0.0894. The molecule has 1 heterocycles. The van der Waals surface area contributed by atoms with Gasteiger partial charge in [0.05, 0.1) is 0 Å². The van der Waals surface area contributed by atoms with E-state index in [0.29, 0.717) is 10.0 Å². The highest BCUT2D eigenvalue weighted by Gasteiger charge is 2.35. The Hall–Kier alpha value is -1.65. The highest BCUT2D eigenvalue weighted by atomic mass is 35.5. The fraction of sp³-hybridized carbons (Fsp3) is 0.267. The van der Waals surface area contributed by atoms with Gasteiger partial charge in [-0.25, -0.2) is 9.97 Å². The number of carbonyl (C=O) groups excluding carboxylic acids is 1. The molecule has 0 unspecified atom stereocenters. The first kappa shape index (κ1) is 14.3. The number of amides is 1. The molecule has 4 nitrogen and oxygen atoms in total. The Balaban J connectivity index is 1.71. The number of rotatable bonds is 3. The van der Waals surface area contributed by atoms with Crippen LogP contribution >= 0.6 is 23.2 Å². The number of carbonyl (C=O) groups is 1. The average molecular weight is 322 g/mol. The second kappa shape index (κ2) is 6.00. The van der Waals surface area contributed by atoms with E-state index in [4.69, 9.17) is 23.2 Å². The smallest absolute Gasteiger partial charge is 0.289 e. The van der Waals surface area contributed by atoms with Crippen molar-refractivity contribution in [2.45, 2.75) is 24.8 Å². The number of hydrogen-bond acceptors (Lipinski definition) is 3. The molecule has 2 aromatic rings. The number of nitrogens with zero attached hydrogens (tertiary/aromatic N) is 2. The summed E-state index contributed by atoms with van der Waals surface area (Å²) in [6, 6.07) is 7.21. The third kappa shape index (κ3) is 3.01. The number of benzene rings is 1. The standard InChI is InChI=1S/C15H13Cl2N3O/c16-9-2-3-10(12(17)8-9)11-4-5-13(11)20-15(21)14-18-6-1-7-19-14/h1-3,6-8,11,13H,4-5H2,(H,20,21)/t11-,13-/m0/s1. The van der Waals surface area contributed by atoms with Crippen LogP contribution in [0.3, 0.4) is 0 Å². The number of halogens is 2. The van der Waals surface area contributed by atoms with E-state index in [2.05, 4.69) is 15.3 Å². The maximum absolute atomic E-state index is 12.1. The van der Waals surface area contributed by atoms with E-state index in [-0.39, 0.29) is 23.7 Å². The van der Waals surface area contributed by atoms with E-state index < -0.39 is 0 Å². The first-order chi connectivity index (χ1) is 10.1. The fourth-order valence-corrected chi connectivity index (χ4v) is 3.05. The second-order valence-electron chi connectivity index (χ2n) is 5.00. The second-order valence-corrected chi connectivity index (χ2v) is 5.85. The van der Waals surface area contributed by atoms with Crippen LogP contribution in [-0.4, -0.2) is 21.9 Å². The van der Waals surface area contributed by atoms with Crippen LogP contribution in [0.5, 0.6) is 0 Å². The molecule has 0 spiro atoms. The van der Waals surface area contributed by atoms with Gasteiger partial charge in [0.2, 0.25) is 5.82 Å². The minimum absolute atomic E-state index is 0.0555. The first-order valence-electron chi connectivity index (χ1n) is 6.68. The maximum atomic E-state index is 12.1. The van der Waals surface area contributed by atoms with Crippen molar-refractivity contribution in [2.24, 2.45) is 0 Å². The molecule has 1 N–H and O–H groups in total. The Kier molecular flexibility index (Phi) is 4.08. The minimum Gasteiger partial charge on any atom is -0.346 e. The van der Waals surface area contributed by atoms with Gasteiger partial charge in [-0.05, 0) is 36.6 Å². The van der Waals surface area contributed by atoms with E-state index in [0.717, 1.165) is 18.4 Å². The van der Waals surface area contributed by atoms with Crippen LogP contribution in [0.15, 0.2) is 36.7 Å². The van der Waals surface area contributed by atoms with Crippen molar-refractivity contribution >= 4 is 29.1 Å². The van der Waals surface area contributed by atoms with Gasteiger partial charge in [-0.2, -0.15) is 0 Å². The molecule has 21 heavy (non-hydrogen) atoms. The SMILES string of the molecule is O=C(N[C@H]1CC[C@H]1c1ccc(Cl)cc1Cl)c1ncccn1. The lowest BCUT2D eigenvalue weighted by Gasteiger charge is -2.37. The van der Waals surface area contributed by atoms with Crippen molar-refractivity contribution in [1.29, 1.82) is 0 Å². The minimum atomic E-state index is -0.254. The Morgan fingerprint density at radius 1 is 1.19 bits per heavy atom. The summed E-state index contributed by atoms with van der Waals surface area (Å²) in [7, 11) is 0. The zero-order valence-electron chi connectivity index (χ0n) is 11.1. The van der Waals surface area contributed by atoms with E-state index in [1.165, 1.54) is 0 Å². The van der Waals surface area contributed by atoms with Crippen molar-refractivity contribution in [3.63, 3.8) is 0 Å². The predicted molar refractivity (Wildman–Crippen MR) is 81.7 cm³/mol. The molecular formula is C15H13Cl2N3O. The highest BCUT2D eigenvalue weighted by molar-refractivity contribution is 6.35. The van der Waals surface area contributed by atoms with Gasteiger partial charge in [-0.1, -0.05) is 29.3 Å². The van der Waals surface area contributed by atoms with Crippen LogP contribution in [0.1, 0.15) is 34.9 Å². The van der Waals surface area contributed by atoms with E-state index >= 15 is 0 Å². The zero-order valence-corrected chi connectivity index (χ0v) is 12.6. The Morgan fingerprint density at radius 3 is 2.57 bits per heavy atom. The van der Waals surface area contributed by atoms with Crippen LogP contribution in [0.25, 0.3) is 0 Å². The van der Waals surface area contributed by atoms with Crippen LogP contribution in [0.2, 0.25) is 10.0 Å². The Morgan fingerprint density at radius 2 is 1.95 bits per heavy atom. The average Bonchev–Trinajstić information content (AvgIpc) is 2.47. The number of aromatic nitrogens is 2. The molecule has 1 aliphatic rings. The molecule has 2 atom stereocenters. The van der Waals surface area contributed by atoms with Gasteiger partial charge >= 0.3 is 0 Å². The molecule has 1 fully saturated rings. The van der Waals surface area contributed by atoms with Crippen molar-refractivity contribution in [3.05, 3.63) is 58.1 Å². The molecule has 0 aliphatic heterocycles. The summed E-state index contributed by atoms with van der Waals surface area (Å²) in [5.41, 5.74) is 1.02. The Bertz CT molecular complexity index is 663. The van der Waals surface area contributed by atoms with Crippen molar-refractivity contribution in [3.8, 4) is 0 Å². The lowest BCUT2D eigenvalue weighted by atomic mass is 9.75. The summed E-state index contributed by atoms with van der Waals surface area (Å²) < 4.78 is 0. The van der Waals surface area contributed by atoms with Gasteiger partial charge in [0.15, 0.2) is 0 Å². The maximum Gasteiger partial charge on any atom is 0.289 e. The molecule has 1 aromatic heterocycles. The normalized spacial score (nSPS) is 20.7. The van der Waals surface area contributed by atoms with Gasteiger partial charge < -0.3 is 5.32 Å². The molecule has 108 valence electrons. The van der Waals surface area contributed by atoms with Crippen LogP contribution < -0.4 is 5.32 Å². The van der Waals surface area contributed by atoms with Gasteiger partial charge in [0.1, 0.15) is 0 Å². The number of nitrogens with one attached hydrogen (secondary N) is 1. The summed E-state index contributed by atoms with van der Waals surface area (Å²) in [6.07, 6.45) is 5.01. The molecule has 1 aliphatic carbocycles. The molecule has 1 aromatic carbocycles. The monoisotopic (exact) mass is 321 g/mol. The van der Waals surface area contributed by atoms with Gasteiger partial charge in [0, 0.05) is 34.4 Å². The summed E-state index contributed by atoms with van der Waals surface area (Å²) in [6.45, 7) is 0. The quantitative estimate of drug-likeness (QED) is 0.941. The molecular weight excluding hydrogens is 309 g/mol. The van der Waals surface area contributed by atoms with Crippen LogP contribution in [0.4, 0.5) is 0 Å². The first-order valence-corrected chi connectivity index (χ1v) is 7.43. The van der Waals surface area contributed by atoms with Crippen molar-refractivity contribution in [1.82, 2.24) is 15.3 Å². The summed E-state index contributed by atoms with van der Waals surface area (Å²) in [4.78, 5) is 20.0. The molecule has 1 amide bonds. The van der Waals surface area contributed by atoms with Crippen LogP contribution in [0, 0.1) is 0 Å². The third-order valence-corrected chi connectivity index (χ3v) is 4.28. The highest BCUT2D eigenvalue weighted by Crippen LogP contribution is 2.40. The summed E-state index contributed by atoms with van der Waals surface area (Å²) >= 11 is 12.1. The third-order valence-electron chi connectivity index (χ3n) is 3.72. The zero-order chi connectivity index (χ0) is 14.8. The van der Waals surface area contributed by atoms with Gasteiger partial charge in [-0.3, -0.25) is 4.79 Å². The topological polar surface area (TPSA) is 54.9 Å². The fourth-order valence-electron chi connectivity index (χ4n) is 2.50. The molecule has 1 saturated carbocycles. The van der Waals surface area contributed by atoms with Gasteiger partial charge in [-0.15, -0.1) is 0 Å². The summed E-state index contributed by atoms with van der Waals surface area (Å²) in [5.74, 6) is 0.142. The van der Waals surface area contributed by atoms with E-state index in [1.54, 1.807) is 24.5 Å². The lowest BCUT2D eigenvalue weighted by Crippen LogP contribution is -2.45. The van der Waals surface area contributed by atoms with E-state index in [1.807, 2.05) is 12.1 Å². The van der Waals surface area contributed by atoms with Crippen molar-refractivity contribution in [2.75, 3.05) is 0 Å². The predicted octanol–water partition coefficient (Wildman–Crippen LogP) is 3.46. The molecule has 0 bridgehead atoms. The molecule has 0 radical (unpaired) electrons. The van der Waals surface area contributed by atoms with Gasteiger partial charge in [0.25, 0.3) is 5.91 Å². The summed E-state index contributed by atoms with van der Waals surface area (Å²) in [5, 5.41) is 4.22. The van der Waals surface area contributed by atoms with Crippen molar-refractivity contribution < 1.29 is 4.79 Å². The molecule has 6 heteroatoms. The van der Waals surface area contributed by atoms with E-state index in [9.17, 15) is 4.79 Å². The molecule has 0 saturated heterocycles. The molecule has 3 rings (SSSR count). The largest absolute Gasteiger partial charge is 0.346 e. The van der Waals surface area contributed by atoms with Crippen LogP contribution in [-0.2, 0) is 0 Å². The number of hydrogen-bond donors (Lipinski definition) is 1.